The minimum Gasteiger partial charge on any atom is -0.390 e. The fourth-order valence-corrected chi connectivity index (χ4v) is 1.93. The summed E-state index contributed by atoms with van der Waals surface area (Å²) in [6.07, 6.45) is 7.01. The number of ether oxygens (including phenoxy) is 1. The van der Waals surface area contributed by atoms with Gasteiger partial charge in [0.2, 0.25) is 0 Å². The van der Waals surface area contributed by atoms with E-state index in [0.29, 0.717) is 13.0 Å². The van der Waals surface area contributed by atoms with Crippen molar-refractivity contribution in [3.05, 3.63) is 0 Å². The minimum atomic E-state index is -0.618. The molecule has 2 heteroatoms. The maximum Gasteiger partial charge on any atom is 0.0626 e. The molecule has 0 aromatic heterocycles. The molecule has 0 atom stereocenters. The molecule has 0 radical (unpaired) electrons. The van der Waals surface area contributed by atoms with E-state index in [9.17, 15) is 5.11 Å². The van der Waals surface area contributed by atoms with Crippen LogP contribution >= 0.6 is 0 Å². The van der Waals surface area contributed by atoms with Crippen LogP contribution in [0.15, 0.2) is 0 Å². The van der Waals surface area contributed by atoms with Crippen LogP contribution < -0.4 is 0 Å². The molecule has 0 aliphatic rings. The van der Waals surface area contributed by atoms with E-state index in [-0.39, 0.29) is 5.60 Å². The van der Waals surface area contributed by atoms with Crippen molar-refractivity contribution in [2.75, 3.05) is 6.61 Å². The van der Waals surface area contributed by atoms with Crippen LogP contribution in [0.4, 0.5) is 0 Å². The Kier molecular flexibility index (Phi) is 8.13. The Balaban J connectivity index is 3.61. The summed E-state index contributed by atoms with van der Waals surface area (Å²) < 4.78 is 5.87. The summed E-state index contributed by atoms with van der Waals surface area (Å²) in [7, 11) is 0. The average molecular weight is 258 g/mol. The van der Waals surface area contributed by atoms with Crippen LogP contribution in [0.5, 0.6) is 0 Å². The zero-order valence-electron chi connectivity index (χ0n) is 13.4. The van der Waals surface area contributed by atoms with Crippen molar-refractivity contribution in [3.63, 3.8) is 0 Å². The third-order valence-corrected chi connectivity index (χ3v) is 3.27. The summed E-state index contributed by atoms with van der Waals surface area (Å²) in [5.74, 6) is 0.820. The van der Waals surface area contributed by atoms with Crippen molar-refractivity contribution >= 4 is 0 Å². The van der Waals surface area contributed by atoms with Gasteiger partial charge in [0, 0.05) is 0 Å². The molecule has 0 spiro atoms. The molecule has 0 heterocycles. The molecule has 0 rings (SSSR count). The molecule has 0 aromatic carbocycles. The van der Waals surface area contributed by atoms with Gasteiger partial charge >= 0.3 is 0 Å². The van der Waals surface area contributed by atoms with Crippen molar-refractivity contribution in [1.29, 1.82) is 0 Å². The first-order chi connectivity index (χ1) is 8.12. The molecule has 0 aromatic rings. The summed E-state index contributed by atoms with van der Waals surface area (Å²) in [5, 5.41) is 9.63. The van der Waals surface area contributed by atoms with E-state index in [2.05, 4.69) is 27.7 Å². The molecule has 0 bridgehead atoms. The predicted molar refractivity (Wildman–Crippen MR) is 78.9 cm³/mol. The zero-order chi connectivity index (χ0) is 14.2. The second-order valence-corrected chi connectivity index (χ2v) is 7.16. The molecular weight excluding hydrogens is 224 g/mol. The molecule has 0 aliphatic carbocycles. The summed E-state index contributed by atoms with van der Waals surface area (Å²) in [6.45, 7) is 13.2. The van der Waals surface area contributed by atoms with E-state index >= 15 is 0 Å². The Labute approximate surface area is 114 Å². The van der Waals surface area contributed by atoms with E-state index in [0.717, 1.165) is 12.3 Å². The second kappa shape index (κ2) is 8.16. The lowest BCUT2D eigenvalue weighted by Crippen LogP contribution is -2.28. The lowest BCUT2D eigenvalue weighted by atomic mass is 9.98. The van der Waals surface area contributed by atoms with Crippen molar-refractivity contribution in [1.82, 2.24) is 0 Å². The summed E-state index contributed by atoms with van der Waals surface area (Å²) in [5.41, 5.74) is -0.670. The Morgan fingerprint density at radius 1 is 0.944 bits per heavy atom. The number of hydrogen-bond donors (Lipinski definition) is 1. The Hall–Kier alpha value is -0.0800. The normalized spacial score (nSPS) is 13.3. The van der Waals surface area contributed by atoms with Crippen LogP contribution in [0.3, 0.4) is 0 Å². The predicted octanol–water partition coefficient (Wildman–Crippen LogP) is 4.55. The van der Waals surface area contributed by atoms with Crippen molar-refractivity contribution < 1.29 is 9.84 Å². The van der Waals surface area contributed by atoms with Gasteiger partial charge < -0.3 is 9.84 Å². The summed E-state index contributed by atoms with van der Waals surface area (Å²) in [4.78, 5) is 0. The quantitative estimate of drug-likeness (QED) is 0.583. The van der Waals surface area contributed by atoms with Crippen LogP contribution in [0, 0.1) is 5.92 Å². The van der Waals surface area contributed by atoms with Crippen LogP contribution in [-0.2, 0) is 4.74 Å². The molecule has 0 amide bonds. The molecule has 2 nitrogen and oxygen atoms in total. The highest BCUT2D eigenvalue weighted by Gasteiger charge is 2.20. The Bertz CT molecular complexity index is 202. The van der Waals surface area contributed by atoms with E-state index in [1.165, 1.54) is 25.7 Å². The van der Waals surface area contributed by atoms with E-state index in [1.807, 2.05) is 13.8 Å². The van der Waals surface area contributed by atoms with Gasteiger partial charge in [-0.3, -0.25) is 0 Å². The van der Waals surface area contributed by atoms with Gasteiger partial charge in [0.15, 0.2) is 0 Å². The monoisotopic (exact) mass is 258 g/mol. The molecular formula is C16H34O2. The lowest BCUT2D eigenvalue weighted by Gasteiger charge is -2.27. The van der Waals surface area contributed by atoms with Crippen molar-refractivity contribution in [2.24, 2.45) is 5.92 Å². The van der Waals surface area contributed by atoms with E-state index < -0.39 is 5.60 Å². The Morgan fingerprint density at radius 3 is 2.06 bits per heavy atom. The SMILES string of the molecule is CC(C)CCCCCC(C)(C)OCCC(C)(C)O. The van der Waals surface area contributed by atoms with Crippen molar-refractivity contribution in [3.8, 4) is 0 Å². The lowest BCUT2D eigenvalue weighted by molar-refractivity contribution is -0.0510. The van der Waals surface area contributed by atoms with Gasteiger partial charge in [-0.15, -0.1) is 0 Å². The number of hydrogen-bond acceptors (Lipinski definition) is 2. The van der Waals surface area contributed by atoms with Gasteiger partial charge in [-0.25, -0.2) is 0 Å². The topological polar surface area (TPSA) is 29.5 Å². The Morgan fingerprint density at radius 2 is 1.56 bits per heavy atom. The molecule has 0 saturated heterocycles. The molecule has 0 unspecified atom stereocenters. The summed E-state index contributed by atoms with van der Waals surface area (Å²) in [6, 6.07) is 0. The van der Waals surface area contributed by atoms with Gasteiger partial charge in [0.1, 0.15) is 0 Å². The maximum absolute atomic E-state index is 9.63. The highest BCUT2D eigenvalue weighted by molar-refractivity contribution is 4.71. The zero-order valence-corrected chi connectivity index (χ0v) is 13.4. The van der Waals surface area contributed by atoms with E-state index in [1.54, 1.807) is 0 Å². The fourth-order valence-electron chi connectivity index (χ4n) is 1.93. The first-order valence-electron chi connectivity index (χ1n) is 7.49. The van der Waals surface area contributed by atoms with Gasteiger partial charge in [-0.1, -0.05) is 39.5 Å². The molecule has 110 valence electrons. The number of unbranched alkanes of at least 4 members (excludes halogenated alkanes) is 2. The molecule has 0 aliphatic heterocycles. The highest BCUT2D eigenvalue weighted by atomic mass is 16.5. The van der Waals surface area contributed by atoms with Gasteiger partial charge in [-0.05, 0) is 46.5 Å². The largest absolute Gasteiger partial charge is 0.390 e. The molecule has 18 heavy (non-hydrogen) atoms. The summed E-state index contributed by atoms with van der Waals surface area (Å²) >= 11 is 0. The average Bonchev–Trinajstić information content (AvgIpc) is 2.13. The smallest absolute Gasteiger partial charge is 0.0626 e. The third-order valence-electron chi connectivity index (χ3n) is 3.27. The van der Waals surface area contributed by atoms with Crippen LogP contribution in [0.1, 0.15) is 80.1 Å². The van der Waals surface area contributed by atoms with Crippen LogP contribution in [0.2, 0.25) is 0 Å². The third kappa shape index (κ3) is 12.4. The van der Waals surface area contributed by atoms with Crippen molar-refractivity contribution in [2.45, 2.75) is 91.3 Å². The first-order valence-corrected chi connectivity index (χ1v) is 7.49. The fraction of sp³-hybridized carbons (Fsp3) is 1.00. The van der Waals surface area contributed by atoms with Gasteiger partial charge in [0.25, 0.3) is 0 Å². The molecule has 0 saturated carbocycles. The number of rotatable bonds is 10. The molecule has 1 N–H and O–H groups in total. The molecule has 0 fully saturated rings. The van der Waals surface area contributed by atoms with Gasteiger partial charge in [0.05, 0.1) is 17.8 Å². The number of aliphatic hydroxyl groups is 1. The highest BCUT2D eigenvalue weighted by Crippen LogP contribution is 2.21. The van der Waals surface area contributed by atoms with Crippen LogP contribution in [-0.4, -0.2) is 22.9 Å². The van der Waals surface area contributed by atoms with Crippen LogP contribution in [0.25, 0.3) is 0 Å². The standard InChI is InChI=1S/C16H34O2/c1-14(2)10-8-7-9-11-16(5,6)18-13-12-15(3,4)17/h14,17H,7-13H2,1-6H3. The maximum atomic E-state index is 9.63. The second-order valence-electron chi connectivity index (χ2n) is 7.16. The first kappa shape index (κ1) is 17.9. The van der Waals surface area contributed by atoms with E-state index in [4.69, 9.17) is 4.74 Å². The minimum absolute atomic E-state index is 0.0525. The van der Waals surface area contributed by atoms with Gasteiger partial charge in [-0.2, -0.15) is 0 Å².